The molecule has 3 rings (SSSR count). The molecule has 0 saturated carbocycles. The van der Waals surface area contributed by atoms with E-state index in [0.717, 1.165) is 37.7 Å². The first kappa shape index (κ1) is 20.8. The van der Waals surface area contributed by atoms with E-state index < -0.39 is 6.10 Å². The second-order valence-electron chi connectivity index (χ2n) is 7.30. The van der Waals surface area contributed by atoms with Crippen LogP contribution in [-0.2, 0) is 0 Å². The Balaban J connectivity index is 1.62. The Labute approximate surface area is 172 Å². The molecule has 2 heterocycles. The molecular weight excluding hydrogens is 368 g/mol. The summed E-state index contributed by atoms with van der Waals surface area (Å²) in [5.74, 6) is 0.759. The molecule has 0 bridgehead atoms. The van der Waals surface area contributed by atoms with Gasteiger partial charge in [0.25, 0.3) is 0 Å². The van der Waals surface area contributed by atoms with Crippen LogP contribution in [0.25, 0.3) is 0 Å². The molecule has 1 aliphatic rings. The lowest BCUT2D eigenvalue weighted by molar-refractivity contribution is 0.180. The van der Waals surface area contributed by atoms with E-state index >= 15 is 0 Å². The minimum Gasteiger partial charge on any atom is -0.387 e. The van der Waals surface area contributed by atoms with Gasteiger partial charge in [0, 0.05) is 18.0 Å². The quantitative estimate of drug-likeness (QED) is 0.469. The molecule has 3 N–H and O–H groups in total. The van der Waals surface area contributed by atoms with Gasteiger partial charge in [0.2, 0.25) is 0 Å². The predicted molar refractivity (Wildman–Crippen MR) is 118 cm³/mol. The first-order valence-corrected chi connectivity index (χ1v) is 11.1. The average molecular weight is 401 g/mol. The number of aliphatic hydroxyl groups excluding tert-OH is 1. The van der Waals surface area contributed by atoms with Crippen LogP contribution in [0.2, 0.25) is 0 Å². The van der Waals surface area contributed by atoms with Gasteiger partial charge < -0.3 is 15.7 Å². The molecule has 2 aromatic rings. The summed E-state index contributed by atoms with van der Waals surface area (Å²) >= 11 is 1.81. The number of nitrogens with one attached hydrogen (secondary N) is 2. The van der Waals surface area contributed by atoms with Gasteiger partial charge in [0.05, 0.1) is 18.7 Å². The van der Waals surface area contributed by atoms with E-state index in [2.05, 4.69) is 46.9 Å². The highest BCUT2D eigenvalue weighted by Crippen LogP contribution is 2.28. The Morgan fingerprint density at radius 3 is 2.57 bits per heavy atom. The summed E-state index contributed by atoms with van der Waals surface area (Å²) < 4.78 is 0. The third-order valence-corrected chi connectivity index (χ3v) is 6.12. The van der Waals surface area contributed by atoms with Gasteiger partial charge in [-0.1, -0.05) is 35.9 Å². The number of aliphatic hydroxyl groups is 1. The second kappa shape index (κ2) is 10.6. The van der Waals surface area contributed by atoms with Crippen molar-refractivity contribution in [1.29, 1.82) is 0 Å². The molecule has 1 aromatic heterocycles. The topological polar surface area (TPSA) is 59.9 Å². The third-order valence-electron chi connectivity index (χ3n) is 5.14. The molecule has 2 atom stereocenters. The summed E-state index contributed by atoms with van der Waals surface area (Å²) in [5, 5.41) is 19.2. The summed E-state index contributed by atoms with van der Waals surface area (Å²) in [7, 11) is 0. The predicted octanol–water partition coefficient (Wildman–Crippen LogP) is 3.48. The van der Waals surface area contributed by atoms with Crippen LogP contribution in [0.3, 0.4) is 0 Å². The lowest BCUT2D eigenvalue weighted by atomic mass is 10.1. The number of guanidine groups is 1. The first-order chi connectivity index (χ1) is 13.7. The number of aliphatic imine (C=N–C) groups is 1. The van der Waals surface area contributed by atoms with E-state index in [1.54, 1.807) is 0 Å². The number of benzene rings is 1. The molecule has 1 aromatic carbocycles. The molecule has 1 fully saturated rings. The zero-order chi connectivity index (χ0) is 19.8. The highest BCUT2D eigenvalue weighted by atomic mass is 32.1. The highest BCUT2D eigenvalue weighted by Gasteiger charge is 2.24. The third kappa shape index (κ3) is 5.80. The van der Waals surface area contributed by atoms with Gasteiger partial charge in [-0.05, 0) is 56.8 Å². The lowest BCUT2D eigenvalue weighted by Crippen LogP contribution is -2.40. The molecule has 1 saturated heterocycles. The molecule has 6 heteroatoms. The first-order valence-electron chi connectivity index (χ1n) is 10.2. The maximum absolute atomic E-state index is 10.5. The fourth-order valence-corrected chi connectivity index (χ4v) is 4.39. The van der Waals surface area contributed by atoms with Gasteiger partial charge in [-0.2, -0.15) is 0 Å². The smallest absolute Gasteiger partial charge is 0.191 e. The van der Waals surface area contributed by atoms with Crippen LogP contribution in [0.5, 0.6) is 0 Å². The van der Waals surface area contributed by atoms with E-state index in [0.29, 0.717) is 12.6 Å². The standard InChI is InChI=1S/C22H32N4OS/c1-3-23-22(25-16-20(27)18-10-8-17(2)9-11-18)24-15-19(21-7-6-14-28-21)26-12-4-5-13-26/h6-11,14,19-20,27H,3-5,12-13,15-16H2,1-2H3,(H2,23,24,25). The van der Waals surface area contributed by atoms with Crippen LogP contribution >= 0.6 is 11.3 Å². The maximum atomic E-state index is 10.5. The van der Waals surface area contributed by atoms with Crippen molar-refractivity contribution in [3.8, 4) is 0 Å². The summed E-state index contributed by atoms with van der Waals surface area (Å²) in [5.41, 5.74) is 2.11. The van der Waals surface area contributed by atoms with E-state index in [4.69, 9.17) is 4.99 Å². The molecular formula is C22H32N4OS. The average Bonchev–Trinajstić information content (AvgIpc) is 3.41. The Hall–Kier alpha value is -1.89. The maximum Gasteiger partial charge on any atom is 0.191 e. The van der Waals surface area contributed by atoms with Crippen LogP contribution in [0.4, 0.5) is 0 Å². The molecule has 152 valence electrons. The number of hydrogen-bond acceptors (Lipinski definition) is 4. The van der Waals surface area contributed by atoms with E-state index in [9.17, 15) is 5.11 Å². The van der Waals surface area contributed by atoms with Crippen LogP contribution in [0, 0.1) is 6.92 Å². The molecule has 28 heavy (non-hydrogen) atoms. The number of aryl methyl sites for hydroxylation is 1. The fourth-order valence-electron chi connectivity index (χ4n) is 3.54. The Morgan fingerprint density at radius 1 is 1.18 bits per heavy atom. The zero-order valence-corrected chi connectivity index (χ0v) is 17.7. The van der Waals surface area contributed by atoms with Crippen LogP contribution in [0.1, 0.15) is 47.9 Å². The van der Waals surface area contributed by atoms with E-state index in [-0.39, 0.29) is 0 Å². The van der Waals surface area contributed by atoms with Gasteiger partial charge in [0.1, 0.15) is 0 Å². The van der Waals surface area contributed by atoms with Gasteiger partial charge in [0.15, 0.2) is 5.96 Å². The number of rotatable bonds is 8. The molecule has 5 nitrogen and oxygen atoms in total. The minimum atomic E-state index is -0.559. The molecule has 2 unspecified atom stereocenters. The van der Waals surface area contributed by atoms with Gasteiger partial charge in [-0.25, -0.2) is 0 Å². The van der Waals surface area contributed by atoms with Crippen molar-refractivity contribution in [2.24, 2.45) is 4.99 Å². The van der Waals surface area contributed by atoms with Crippen molar-refractivity contribution in [1.82, 2.24) is 15.5 Å². The monoisotopic (exact) mass is 400 g/mol. The summed E-state index contributed by atoms with van der Waals surface area (Å²) in [6, 6.07) is 12.7. The number of likely N-dealkylation sites (tertiary alicyclic amines) is 1. The Bertz CT molecular complexity index is 724. The van der Waals surface area contributed by atoms with Crippen LogP contribution in [-0.4, -0.2) is 48.7 Å². The van der Waals surface area contributed by atoms with Crippen LogP contribution in [0.15, 0.2) is 46.8 Å². The van der Waals surface area contributed by atoms with Crippen molar-refractivity contribution >= 4 is 17.3 Å². The number of nitrogens with zero attached hydrogens (tertiary/aromatic N) is 2. The normalized spacial score (nSPS) is 17.5. The van der Waals surface area contributed by atoms with Gasteiger partial charge in [-0.3, -0.25) is 9.89 Å². The van der Waals surface area contributed by atoms with Crippen molar-refractivity contribution in [2.45, 2.75) is 38.8 Å². The summed E-state index contributed by atoms with van der Waals surface area (Å²) in [6.07, 6.45) is 1.98. The van der Waals surface area contributed by atoms with Crippen molar-refractivity contribution in [2.75, 3.05) is 32.7 Å². The van der Waals surface area contributed by atoms with E-state index in [1.807, 2.05) is 35.6 Å². The second-order valence-corrected chi connectivity index (χ2v) is 8.28. The fraction of sp³-hybridized carbons (Fsp3) is 0.500. The lowest BCUT2D eigenvalue weighted by Gasteiger charge is -2.25. The molecule has 0 aliphatic carbocycles. The molecule has 0 spiro atoms. The SMILES string of the molecule is CCNC(=NCC(c1cccs1)N1CCCC1)NCC(O)c1ccc(C)cc1. The van der Waals surface area contributed by atoms with Crippen LogP contribution < -0.4 is 10.6 Å². The largest absolute Gasteiger partial charge is 0.387 e. The minimum absolute atomic E-state index is 0.333. The zero-order valence-electron chi connectivity index (χ0n) is 16.9. The van der Waals surface area contributed by atoms with Gasteiger partial charge in [-0.15, -0.1) is 11.3 Å². The van der Waals surface area contributed by atoms with Crippen molar-refractivity contribution < 1.29 is 5.11 Å². The molecule has 1 aliphatic heterocycles. The Morgan fingerprint density at radius 2 is 1.93 bits per heavy atom. The molecule has 0 amide bonds. The summed E-state index contributed by atoms with van der Waals surface area (Å²) in [4.78, 5) is 8.76. The number of hydrogen-bond donors (Lipinski definition) is 3. The highest BCUT2D eigenvalue weighted by molar-refractivity contribution is 7.10. The number of thiophene rings is 1. The van der Waals surface area contributed by atoms with Gasteiger partial charge >= 0.3 is 0 Å². The van der Waals surface area contributed by atoms with Crippen molar-refractivity contribution in [3.05, 3.63) is 57.8 Å². The van der Waals surface area contributed by atoms with Crippen molar-refractivity contribution in [3.63, 3.8) is 0 Å². The Kier molecular flexibility index (Phi) is 7.89. The molecule has 0 radical (unpaired) electrons. The van der Waals surface area contributed by atoms with E-state index in [1.165, 1.54) is 23.3 Å². The summed E-state index contributed by atoms with van der Waals surface area (Å²) in [6.45, 7) is 8.35.